The zero-order chi connectivity index (χ0) is 14.1. The maximum atomic E-state index is 6.07. The van der Waals surface area contributed by atoms with Crippen molar-refractivity contribution in [2.75, 3.05) is 7.05 Å². The SMILES string of the molecule is CN=C(NC1CC1)NC1CC(c2ccc(Cl)c(Cl)c2)C1. The van der Waals surface area contributed by atoms with E-state index in [-0.39, 0.29) is 0 Å². The van der Waals surface area contributed by atoms with Gasteiger partial charge in [0.25, 0.3) is 0 Å². The number of hydrogen-bond donors (Lipinski definition) is 2. The molecule has 0 radical (unpaired) electrons. The second-order valence-electron chi connectivity index (χ2n) is 5.67. The molecule has 0 heterocycles. The summed E-state index contributed by atoms with van der Waals surface area (Å²) in [6, 6.07) is 7.08. The average Bonchev–Trinajstić information content (AvgIpc) is 3.19. The quantitative estimate of drug-likeness (QED) is 0.661. The normalized spacial score (nSPS) is 26.1. The summed E-state index contributed by atoms with van der Waals surface area (Å²) in [6.07, 6.45) is 4.75. The van der Waals surface area contributed by atoms with E-state index in [1.54, 1.807) is 0 Å². The summed E-state index contributed by atoms with van der Waals surface area (Å²) < 4.78 is 0. The Balaban J connectivity index is 1.51. The van der Waals surface area contributed by atoms with Gasteiger partial charge < -0.3 is 10.6 Å². The number of guanidine groups is 1. The molecule has 0 spiro atoms. The lowest BCUT2D eigenvalue weighted by molar-refractivity contribution is 0.322. The first-order valence-electron chi connectivity index (χ1n) is 7.10. The molecule has 108 valence electrons. The summed E-state index contributed by atoms with van der Waals surface area (Å²) in [5.74, 6) is 1.51. The van der Waals surface area contributed by atoms with Crippen molar-refractivity contribution in [3.8, 4) is 0 Å². The van der Waals surface area contributed by atoms with Crippen LogP contribution < -0.4 is 10.6 Å². The number of halogens is 2. The molecule has 5 heteroatoms. The summed E-state index contributed by atoms with van der Waals surface area (Å²) in [4.78, 5) is 4.27. The highest BCUT2D eigenvalue weighted by atomic mass is 35.5. The maximum Gasteiger partial charge on any atom is 0.191 e. The Kier molecular flexibility index (Phi) is 4.08. The summed E-state index contributed by atoms with van der Waals surface area (Å²) in [6.45, 7) is 0. The summed E-state index contributed by atoms with van der Waals surface area (Å²) in [5, 5.41) is 8.16. The molecule has 2 aliphatic carbocycles. The van der Waals surface area contributed by atoms with Gasteiger partial charge in [0.2, 0.25) is 0 Å². The maximum absolute atomic E-state index is 6.07. The number of aliphatic imine (C=N–C) groups is 1. The van der Waals surface area contributed by atoms with E-state index in [4.69, 9.17) is 23.2 Å². The standard InChI is InChI=1S/C15H19Cl2N3/c1-18-15(19-11-3-4-11)20-12-6-10(7-12)9-2-5-13(16)14(17)8-9/h2,5,8,10-12H,3-4,6-7H2,1H3,(H2,18,19,20). The average molecular weight is 312 g/mol. The zero-order valence-corrected chi connectivity index (χ0v) is 13.0. The molecule has 0 bridgehead atoms. The number of hydrogen-bond acceptors (Lipinski definition) is 1. The molecule has 2 N–H and O–H groups in total. The minimum atomic E-state index is 0.499. The van der Waals surface area contributed by atoms with E-state index in [1.165, 1.54) is 18.4 Å². The van der Waals surface area contributed by atoms with Gasteiger partial charge in [-0.3, -0.25) is 4.99 Å². The lowest BCUT2D eigenvalue weighted by Crippen LogP contribution is -2.49. The van der Waals surface area contributed by atoms with E-state index < -0.39 is 0 Å². The van der Waals surface area contributed by atoms with Crippen molar-refractivity contribution in [2.45, 2.75) is 43.7 Å². The van der Waals surface area contributed by atoms with E-state index >= 15 is 0 Å². The molecule has 1 aromatic carbocycles. The topological polar surface area (TPSA) is 36.4 Å². The fraction of sp³-hybridized carbons (Fsp3) is 0.533. The smallest absolute Gasteiger partial charge is 0.191 e. The second-order valence-corrected chi connectivity index (χ2v) is 6.49. The Morgan fingerprint density at radius 1 is 1.10 bits per heavy atom. The number of rotatable bonds is 3. The van der Waals surface area contributed by atoms with Gasteiger partial charge in [0.05, 0.1) is 10.0 Å². The van der Waals surface area contributed by atoms with Crippen LogP contribution in [0.4, 0.5) is 0 Å². The highest BCUT2D eigenvalue weighted by Gasteiger charge is 2.32. The minimum absolute atomic E-state index is 0.499. The van der Waals surface area contributed by atoms with Crippen molar-refractivity contribution in [3.63, 3.8) is 0 Å². The van der Waals surface area contributed by atoms with Gasteiger partial charge in [0.1, 0.15) is 0 Å². The molecule has 0 saturated heterocycles. The molecule has 3 nitrogen and oxygen atoms in total. The Morgan fingerprint density at radius 3 is 2.40 bits per heavy atom. The molecule has 3 rings (SSSR count). The lowest BCUT2D eigenvalue weighted by atomic mass is 9.76. The van der Waals surface area contributed by atoms with Crippen LogP contribution in [-0.2, 0) is 0 Å². The first kappa shape index (κ1) is 14.0. The molecule has 2 aliphatic rings. The van der Waals surface area contributed by atoms with Crippen molar-refractivity contribution < 1.29 is 0 Å². The van der Waals surface area contributed by atoms with Gasteiger partial charge in [-0.05, 0) is 49.3 Å². The van der Waals surface area contributed by atoms with Crippen molar-refractivity contribution in [2.24, 2.45) is 4.99 Å². The number of benzene rings is 1. The molecule has 2 fully saturated rings. The highest BCUT2D eigenvalue weighted by Crippen LogP contribution is 2.38. The number of nitrogens with one attached hydrogen (secondary N) is 2. The van der Waals surface area contributed by atoms with Crippen LogP contribution in [0.25, 0.3) is 0 Å². The van der Waals surface area contributed by atoms with Crippen LogP contribution >= 0.6 is 23.2 Å². The predicted octanol–water partition coefficient (Wildman–Crippen LogP) is 3.57. The van der Waals surface area contributed by atoms with E-state index in [0.29, 0.717) is 28.0 Å². The fourth-order valence-electron chi connectivity index (χ4n) is 2.56. The van der Waals surface area contributed by atoms with E-state index in [2.05, 4.69) is 21.7 Å². The largest absolute Gasteiger partial charge is 0.354 e. The van der Waals surface area contributed by atoms with Crippen LogP contribution in [-0.4, -0.2) is 25.1 Å². The molecule has 0 amide bonds. The van der Waals surface area contributed by atoms with Crippen LogP contribution in [0.1, 0.15) is 37.2 Å². The van der Waals surface area contributed by atoms with E-state index in [9.17, 15) is 0 Å². The van der Waals surface area contributed by atoms with Crippen LogP contribution in [0.3, 0.4) is 0 Å². The zero-order valence-electron chi connectivity index (χ0n) is 11.5. The molecule has 0 unspecified atom stereocenters. The molecule has 1 aromatic rings. The molecular formula is C15H19Cl2N3. The Labute approximate surface area is 129 Å². The van der Waals surface area contributed by atoms with Crippen LogP contribution in [0.2, 0.25) is 10.0 Å². The van der Waals surface area contributed by atoms with Crippen molar-refractivity contribution >= 4 is 29.2 Å². The Morgan fingerprint density at radius 2 is 1.80 bits per heavy atom. The summed E-state index contributed by atoms with van der Waals surface area (Å²) >= 11 is 12.0. The second kappa shape index (κ2) is 5.82. The Bertz CT molecular complexity index is 520. The summed E-state index contributed by atoms with van der Waals surface area (Å²) in [5.41, 5.74) is 1.28. The monoisotopic (exact) mass is 311 g/mol. The minimum Gasteiger partial charge on any atom is -0.354 e. The highest BCUT2D eigenvalue weighted by molar-refractivity contribution is 6.42. The molecule has 0 aliphatic heterocycles. The summed E-state index contributed by atoms with van der Waals surface area (Å²) in [7, 11) is 1.83. The molecule has 0 aromatic heterocycles. The van der Waals surface area contributed by atoms with Crippen molar-refractivity contribution in [1.82, 2.24) is 10.6 Å². The van der Waals surface area contributed by atoms with Gasteiger partial charge in [-0.2, -0.15) is 0 Å². The third kappa shape index (κ3) is 3.21. The van der Waals surface area contributed by atoms with E-state index in [0.717, 1.165) is 18.8 Å². The molecular weight excluding hydrogens is 293 g/mol. The van der Waals surface area contributed by atoms with Gasteiger partial charge >= 0.3 is 0 Å². The Hall–Kier alpha value is -0.930. The van der Waals surface area contributed by atoms with Gasteiger partial charge in [0, 0.05) is 19.1 Å². The third-order valence-corrected chi connectivity index (χ3v) is 4.77. The molecule has 2 saturated carbocycles. The molecule has 0 atom stereocenters. The predicted molar refractivity (Wildman–Crippen MR) is 84.9 cm³/mol. The van der Waals surface area contributed by atoms with Crippen LogP contribution in [0, 0.1) is 0 Å². The van der Waals surface area contributed by atoms with Crippen molar-refractivity contribution in [3.05, 3.63) is 33.8 Å². The van der Waals surface area contributed by atoms with Gasteiger partial charge in [-0.15, -0.1) is 0 Å². The number of nitrogens with zero attached hydrogens (tertiary/aromatic N) is 1. The van der Waals surface area contributed by atoms with E-state index in [1.807, 2.05) is 19.2 Å². The van der Waals surface area contributed by atoms with Gasteiger partial charge in [0.15, 0.2) is 5.96 Å². The van der Waals surface area contributed by atoms with Crippen LogP contribution in [0.5, 0.6) is 0 Å². The van der Waals surface area contributed by atoms with Crippen LogP contribution in [0.15, 0.2) is 23.2 Å². The fourth-order valence-corrected chi connectivity index (χ4v) is 2.87. The third-order valence-electron chi connectivity index (χ3n) is 4.04. The van der Waals surface area contributed by atoms with Gasteiger partial charge in [-0.1, -0.05) is 29.3 Å². The molecule has 20 heavy (non-hydrogen) atoms. The van der Waals surface area contributed by atoms with Gasteiger partial charge in [-0.25, -0.2) is 0 Å². The first-order chi connectivity index (χ1) is 9.65. The lowest BCUT2D eigenvalue weighted by Gasteiger charge is -2.37. The van der Waals surface area contributed by atoms with Crippen molar-refractivity contribution in [1.29, 1.82) is 0 Å². The first-order valence-corrected chi connectivity index (χ1v) is 7.86.